The zero-order valence-corrected chi connectivity index (χ0v) is 18.2. The smallest absolute Gasteiger partial charge is 0.348 e. The molecule has 2 aromatic rings. The molecule has 29 heavy (non-hydrogen) atoms. The van der Waals surface area contributed by atoms with E-state index in [1.165, 1.54) is 6.08 Å². The van der Waals surface area contributed by atoms with Gasteiger partial charge in [0.15, 0.2) is 0 Å². The number of aryl methyl sites for hydroxylation is 1. The van der Waals surface area contributed by atoms with Crippen LogP contribution in [-0.2, 0) is 21.3 Å². The van der Waals surface area contributed by atoms with Crippen LogP contribution in [-0.4, -0.2) is 40.3 Å². The van der Waals surface area contributed by atoms with Crippen molar-refractivity contribution in [3.05, 3.63) is 39.5 Å². The molecule has 2 aromatic heterocycles. The van der Waals surface area contributed by atoms with Crippen LogP contribution in [0.2, 0.25) is 0 Å². The minimum atomic E-state index is -0.605. The number of hydrogen-bond donors (Lipinski definition) is 1. The quantitative estimate of drug-likeness (QED) is 0.545. The van der Waals surface area contributed by atoms with Crippen LogP contribution in [0.15, 0.2) is 12.3 Å². The van der Waals surface area contributed by atoms with Gasteiger partial charge in [-0.15, -0.1) is 11.3 Å². The Balaban J connectivity index is 2.32. The Hall–Kier alpha value is -2.94. The van der Waals surface area contributed by atoms with Crippen molar-refractivity contribution in [3.8, 4) is 0 Å². The molecule has 2 rings (SSSR count). The highest BCUT2D eigenvalue weighted by molar-refractivity contribution is 7.18. The summed E-state index contributed by atoms with van der Waals surface area (Å²) in [7, 11) is 1.81. The average molecular weight is 420 g/mol. The highest BCUT2D eigenvalue weighted by Crippen LogP contribution is 2.34. The van der Waals surface area contributed by atoms with E-state index in [9.17, 15) is 14.4 Å². The molecule has 0 aromatic carbocycles. The molecule has 0 aliphatic heterocycles. The van der Waals surface area contributed by atoms with Gasteiger partial charge in [0.2, 0.25) is 5.91 Å². The number of esters is 2. The Labute approximate surface area is 173 Å². The highest BCUT2D eigenvalue weighted by Gasteiger charge is 2.27. The van der Waals surface area contributed by atoms with Crippen molar-refractivity contribution in [2.45, 2.75) is 40.7 Å². The van der Waals surface area contributed by atoms with Gasteiger partial charge in [0.05, 0.1) is 24.5 Å². The summed E-state index contributed by atoms with van der Waals surface area (Å²) in [6, 6.07) is 0. The first-order valence-electron chi connectivity index (χ1n) is 9.14. The lowest BCUT2D eigenvalue weighted by molar-refractivity contribution is -0.111. The number of thiophene rings is 1. The lowest BCUT2D eigenvalue weighted by atomic mass is 10.1. The first kappa shape index (κ1) is 22.4. The van der Waals surface area contributed by atoms with Crippen LogP contribution < -0.4 is 5.32 Å². The van der Waals surface area contributed by atoms with Crippen molar-refractivity contribution in [2.75, 3.05) is 11.9 Å². The molecule has 0 aliphatic rings. The molecule has 0 radical (unpaired) electrons. The largest absolute Gasteiger partial charge is 0.462 e. The van der Waals surface area contributed by atoms with Crippen molar-refractivity contribution < 1.29 is 23.9 Å². The van der Waals surface area contributed by atoms with Crippen LogP contribution in [0, 0.1) is 13.8 Å². The third-order valence-electron chi connectivity index (χ3n) is 4.08. The molecule has 156 valence electrons. The molecule has 0 saturated heterocycles. The summed E-state index contributed by atoms with van der Waals surface area (Å²) in [4.78, 5) is 37.4. The fourth-order valence-electron chi connectivity index (χ4n) is 2.51. The second-order valence-electron chi connectivity index (χ2n) is 6.57. The molecule has 0 saturated carbocycles. The summed E-state index contributed by atoms with van der Waals surface area (Å²) >= 11 is 0.989. The first-order chi connectivity index (χ1) is 13.6. The number of amides is 1. The standard InChI is InChI=1S/C20H25N3O5S/c1-7-27-20(26)17-12(4)16(19(25)28-11(2)3)18(29-17)22-15(24)9-8-14-10-21-23(6)13(14)5/h8-11H,7H2,1-6H3,(H,22,24)/b9-8+. The molecule has 1 amide bonds. The molecular weight excluding hydrogens is 394 g/mol. The summed E-state index contributed by atoms with van der Waals surface area (Å²) in [5.41, 5.74) is 2.29. The molecule has 1 N–H and O–H groups in total. The molecule has 0 unspecified atom stereocenters. The van der Waals surface area contributed by atoms with Crippen LogP contribution in [0.25, 0.3) is 6.08 Å². The monoisotopic (exact) mass is 419 g/mol. The number of hydrogen-bond acceptors (Lipinski definition) is 7. The van der Waals surface area contributed by atoms with E-state index in [4.69, 9.17) is 9.47 Å². The zero-order valence-electron chi connectivity index (χ0n) is 17.4. The van der Waals surface area contributed by atoms with E-state index in [0.717, 1.165) is 22.6 Å². The number of carbonyl (C=O) groups excluding carboxylic acids is 3. The van der Waals surface area contributed by atoms with Crippen molar-refractivity contribution >= 4 is 40.3 Å². The molecule has 0 bridgehead atoms. The maximum Gasteiger partial charge on any atom is 0.348 e. The number of carbonyl (C=O) groups is 3. The van der Waals surface area contributed by atoms with Gasteiger partial charge in [-0.25, -0.2) is 9.59 Å². The molecule has 2 heterocycles. The van der Waals surface area contributed by atoms with E-state index in [1.54, 1.807) is 44.6 Å². The molecule has 0 aliphatic carbocycles. The second kappa shape index (κ2) is 9.51. The summed E-state index contributed by atoms with van der Waals surface area (Å²) in [5.74, 6) is -1.59. The van der Waals surface area contributed by atoms with Gasteiger partial charge < -0.3 is 14.8 Å². The van der Waals surface area contributed by atoms with E-state index >= 15 is 0 Å². The summed E-state index contributed by atoms with van der Waals surface area (Å²) < 4.78 is 12.0. The Morgan fingerprint density at radius 1 is 1.28 bits per heavy atom. The van der Waals surface area contributed by atoms with Gasteiger partial charge in [0.1, 0.15) is 9.88 Å². The summed E-state index contributed by atoms with van der Waals surface area (Å²) in [6.07, 6.45) is 4.29. The Kier molecular flexibility index (Phi) is 7.33. The zero-order chi connectivity index (χ0) is 21.7. The normalized spacial score (nSPS) is 11.1. The molecule has 0 fully saturated rings. The highest BCUT2D eigenvalue weighted by atomic mass is 32.1. The number of rotatable bonds is 7. The maximum absolute atomic E-state index is 12.6. The van der Waals surface area contributed by atoms with Crippen molar-refractivity contribution in [1.29, 1.82) is 0 Å². The number of ether oxygens (including phenoxy) is 2. The SMILES string of the molecule is CCOC(=O)c1sc(NC(=O)/C=C/c2cnn(C)c2C)c(C(=O)OC(C)C)c1C. The summed E-state index contributed by atoms with van der Waals surface area (Å²) in [6.45, 7) is 8.87. The number of nitrogens with one attached hydrogen (secondary N) is 1. The first-order valence-corrected chi connectivity index (χ1v) is 9.96. The predicted molar refractivity (Wildman–Crippen MR) is 111 cm³/mol. The minimum Gasteiger partial charge on any atom is -0.462 e. The van der Waals surface area contributed by atoms with E-state index in [1.807, 2.05) is 14.0 Å². The summed E-state index contributed by atoms with van der Waals surface area (Å²) in [5, 5.41) is 7.04. The van der Waals surface area contributed by atoms with Crippen molar-refractivity contribution in [2.24, 2.45) is 7.05 Å². The third-order valence-corrected chi connectivity index (χ3v) is 5.27. The van der Waals surface area contributed by atoms with Crippen LogP contribution in [0.3, 0.4) is 0 Å². The maximum atomic E-state index is 12.6. The van der Waals surface area contributed by atoms with E-state index in [-0.39, 0.29) is 28.2 Å². The van der Waals surface area contributed by atoms with Crippen LogP contribution >= 0.6 is 11.3 Å². The van der Waals surface area contributed by atoms with Gasteiger partial charge in [0, 0.05) is 24.4 Å². The third kappa shape index (κ3) is 5.32. The van der Waals surface area contributed by atoms with E-state index in [2.05, 4.69) is 10.4 Å². The van der Waals surface area contributed by atoms with Gasteiger partial charge in [-0.05, 0) is 46.3 Å². The topological polar surface area (TPSA) is 99.5 Å². The number of anilines is 1. The second-order valence-corrected chi connectivity index (χ2v) is 7.59. The number of aromatic nitrogens is 2. The van der Waals surface area contributed by atoms with Gasteiger partial charge in [-0.3, -0.25) is 9.48 Å². The molecule has 0 spiro atoms. The minimum absolute atomic E-state index is 0.158. The average Bonchev–Trinajstić information content (AvgIpc) is 3.12. The fourth-order valence-corrected chi connectivity index (χ4v) is 3.60. The lowest BCUT2D eigenvalue weighted by Gasteiger charge is -2.09. The Morgan fingerprint density at radius 2 is 1.97 bits per heavy atom. The van der Waals surface area contributed by atoms with E-state index in [0.29, 0.717) is 5.56 Å². The lowest BCUT2D eigenvalue weighted by Crippen LogP contribution is -2.16. The van der Waals surface area contributed by atoms with Crippen molar-refractivity contribution in [1.82, 2.24) is 9.78 Å². The Bertz CT molecular complexity index is 956. The fraction of sp³-hybridized carbons (Fsp3) is 0.400. The van der Waals surface area contributed by atoms with Gasteiger partial charge in [0.25, 0.3) is 0 Å². The Morgan fingerprint density at radius 3 is 2.52 bits per heavy atom. The van der Waals surface area contributed by atoms with Gasteiger partial charge in [-0.2, -0.15) is 5.10 Å². The molecular formula is C20H25N3O5S. The van der Waals surface area contributed by atoms with Gasteiger partial charge in [-0.1, -0.05) is 0 Å². The number of nitrogens with zero attached hydrogens (tertiary/aromatic N) is 2. The van der Waals surface area contributed by atoms with Crippen LogP contribution in [0.1, 0.15) is 57.6 Å². The van der Waals surface area contributed by atoms with Gasteiger partial charge >= 0.3 is 11.9 Å². The molecule has 8 nitrogen and oxygen atoms in total. The van der Waals surface area contributed by atoms with E-state index < -0.39 is 17.8 Å². The van der Waals surface area contributed by atoms with Crippen molar-refractivity contribution in [3.63, 3.8) is 0 Å². The molecule has 9 heteroatoms. The molecule has 0 atom stereocenters. The predicted octanol–water partition coefficient (Wildman–Crippen LogP) is 3.49. The van der Waals surface area contributed by atoms with Crippen LogP contribution in [0.5, 0.6) is 0 Å². The van der Waals surface area contributed by atoms with Crippen LogP contribution in [0.4, 0.5) is 5.00 Å².